The van der Waals surface area contributed by atoms with Crippen LogP contribution in [0.5, 0.6) is 0 Å². The monoisotopic (exact) mass is 316 g/mol. The number of carbonyl (C=O) groups excluding carboxylic acids is 1. The third-order valence-electron chi connectivity index (χ3n) is 3.32. The molecule has 1 amide bonds. The van der Waals surface area contributed by atoms with Crippen LogP contribution in [0.4, 0.5) is 5.69 Å². The Morgan fingerprint density at radius 3 is 2.41 bits per heavy atom. The molecule has 0 aromatic heterocycles. The molecule has 2 aromatic rings. The van der Waals surface area contributed by atoms with Gasteiger partial charge in [-0.05, 0) is 55.8 Å². The minimum atomic E-state index is 0.0344. The van der Waals surface area contributed by atoms with Gasteiger partial charge in [0.05, 0.1) is 0 Å². The van der Waals surface area contributed by atoms with Crippen molar-refractivity contribution in [1.82, 2.24) is 5.32 Å². The zero-order chi connectivity index (χ0) is 15.6. The van der Waals surface area contributed by atoms with E-state index >= 15 is 0 Å². The molecule has 2 rings (SSSR count). The molecule has 0 saturated heterocycles. The lowest BCUT2D eigenvalue weighted by molar-refractivity contribution is -0.116. The van der Waals surface area contributed by atoms with E-state index in [0.29, 0.717) is 11.4 Å². The number of hydrogen-bond donors (Lipinski definition) is 2. The molecule has 3 nitrogen and oxygen atoms in total. The first-order valence-electron chi connectivity index (χ1n) is 7.54. The standard InChI is InChI=1S/C18H21ClN2O/c19-16-8-10-17(11-9-16)21-18(22)7-4-13-20-14-12-15-5-2-1-3-6-15/h1-3,5-6,8-11,20H,4,7,12-14H2,(H,21,22). The van der Waals surface area contributed by atoms with Crippen molar-refractivity contribution in [3.05, 3.63) is 65.2 Å². The number of halogens is 1. The van der Waals surface area contributed by atoms with Crippen LogP contribution in [0, 0.1) is 0 Å². The highest BCUT2D eigenvalue weighted by atomic mass is 35.5. The van der Waals surface area contributed by atoms with Gasteiger partial charge in [-0.15, -0.1) is 0 Å². The van der Waals surface area contributed by atoms with E-state index in [1.54, 1.807) is 24.3 Å². The van der Waals surface area contributed by atoms with Crippen molar-refractivity contribution in [3.63, 3.8) is 0 Å². The fraction of sp³-hybridized carbons (Fsp3) is 0.278. The quantitative estimate of drug-likeness (QED) is 0.725. The summed E-state index contributed by atoms with van der Waals surface area (Å²) >= 11 is 5.80. The molecular formula is C18H21ClN2O. The fourth-order valence-electron chi connectivity index (χ4n) is 2.13. The average molecular weight is 317 g/mol. The molecule has 22 heavy (non-hydrogen) atoms. The van der Waals surface area contributed by atoms with Crippen LogP contribution in [0.25, 0.3) is 0 Å². The Kier molecular flexibility index (Phi) is 6.94. The minimum absolute atomic E-state index is 0.0344. The van der Waals surface area contributed by atoms with E-state index in [1.807, 2.05) is 6.07 Å². The highest BCUT2D eigenvalue weighted by Crippen LogP contribution is 2.13. The maximum Gasteiger partial charge on any atom is 0.224 e. The lowest BCUT2D eigenvalue weighted by atomic mass is 10.1. The van der Waals surface area contributed by atoms with E-state index in [1.165, 1.54) is 5.56 Å². The van der Waals surface area contributed by atoms with Crippen LogP contribution in [0.1, 0.15) is 18.4 Å². The predicted molar refractivity (Wildman–Crippen MR) is 92.3 cm³/mol. The lowest BCUT2D eigenvalue weighted by Gasteiger charge is -2.06. The van der Waals surface area contributed by atoms with Gasteiger partial charge in [0, 0.05) is 17.1 Å². The van der Waals surface area contributed by atoms with E-state index in [2.05, 4.69) is 34.9 Å². The molecule has 0 aliphatic carbocycles. The molecule has 2 N–H and O–H groups in total. The Hall–Kier alpha value is -1.84. The predicted octanol–water partition coefficient (Wildman–Crippen LogP) is 3.89. The molecule has 0 radical (unpaired) electrons. The maximum absolute atomic E-state index is 11.8. The van der Waals surface area contributed by atoms with Crippen LogP contribution >= 0.6 is 11.6 Å². The van der Waals surface area contributed by atoms with Crippen LogP contribution in [-0.4, -0.2) is 19.0 Å². The second-order valence-electron chi connectivity index (χ2n) is 5.14. The van der Waals surface area contributed by atoms with Crippen molar-refractivity contribution in [2.24, 2.45) is 0 Å². The molecular weight excluding hydrogens is 296 g/mol. The molecule has 2 aromatic carbocycles. The second-order valence-corrected chi connectivity index (χ2v) is 5.58. The van der Waals surface area contributed by atoms with Gasteiger partial charge in [-0.3, -0.25) is 4.79 Å². The zero-order valence-electron chi connectivity index (χ0n) is 12.5. The largest absolute Gasteiger partial charge is 0.326 e. The molecule has 0 aliphatic heterocycles. The molecule has 0 aliphatic rings. The summed E-state index contributed by atoms with van der Waals surface area (Å²) in [6.07, 6.45) is 2.35. The van der Waals surface area contributed by atoms with Crippen molar-refractivity contribution in [2.75, 3.05) is 18.4 Å². The molecule has 0 fully saturated rings. The van der Waals surface area contributed by atoms with Crippen LogP contribution < -0.4 is 10.6 Å². The maximum atomic E-state index is 11.8. The van der Waals surface area contributed by atoms with Crippen LogP contribution in [-0.2, 0) is 11.2 Å². The first-order chi connectivity index (χ1) is 10.7. The lowest BCUT2D eigenvalue weighted by Crippen LogP contribution is -2.20. The number of rotatable bonds is 8. The Morgan fingerprint density at radius 2 is 1.68 bits per heavy atom. The Balaban J connectivity index is 1.54. The van der Waals surface area contributed by atoms with Gasteiger partial charge in [0.25, 0.3) is 0 Å². The molecule has 0 saturated carbocycles. The van der Waals surface area contributed by atoms with Gasteiger partial charge in [-0.2, -0.15) is 0 Å². The summed E-state index contributed by atoms with van der Waals surface area (Å²) < 4.78 is 0. The minimum Gasteiger partial charge on any atom is -0.326 e. The summed E-state index contributed by atoms with van der Waals surface area (Å²) in [7, 11) is 0. The van der Waals surface area contributed by atoms with E-state index < -0.39 is 0 Å². The smallest absolute Gasteiger partial charge is 0.224 e. The zero-order valence-corrected chi connectivity index (χ0v) is 13.3. The molecule has 116 valence electrons. The summed E-state index contributed by atoms with van der Waals surface area (Å²) in [5.74, 6) is 0.0344. The first-order valence-corrected chi connectivity index (χ1v) is 7.92. The molecule has 0 heterocycles. The molecule has 0 atom stereocenters. The van der Waals surface area contributed by atoms with E-state index in [0.717, 1.165) is 31.6 Å². The summed E-state index contributed by atoms with van der Waals surface area (Å²) in [6.45, 7) is 1.78. The summed E-state index contributed by atoms with van der Waals surface area (Å²) in [6, 6.07) is 17.5. The second kappa shape index (κ2) is 9.23. The van der Waals surface area contributed by atoms with Gasteiger partial charge in [-0.1, -0.05) is 41.9 Å². The number of carbonyl (C=O) groups is 1. The highest BCUT2D eigenvalue weighted by Gasteiger charge is 2.02. The molecule has 0 bridgehead atoms. The number of nitrogens with one attached hydrogen (secondary N) is 2. The van der Waals surface area contributed by atoms with Crippen LogP contribution in [0.2, 0.25) is 5.02 Å². The van der Waals surface area contributed by atoms with Crippen molar-refractivity contribution in [2.45, 2.75) is 19.3 Å². The third kappa shape index (κ3) is 6.29. The van der Waals surface area contributed by atoms with Gasteiger partial charge < -0.3 is 10.6 Å². The van der Waals surface area contributed by atoms with Crippen LogP contribution in [0.3, 0.4) is 0 Å². The topological polar surface area (TPSA) is 41.1 Å². The van der Waals surface area contributed by atoms with E-state index in [-0.39, 0.29) is 5.91 Å². The number of amides is 1. The van der Waals surface area contributed by atoms with Crippen LogP contribution in [0.15, 0.2) is 54.6 Å². The number of hydrogen-bond acceptors (Lipinski definition) is 2. The molecule has 4 heteroatoms. The molecule has 0 spiro atoms. The summed E-state index contributed by atoms with van der Waals surface area (Å²) in [5.41, 5.74) is 2.11. The van der Waals surface area contributed by atoms with Gasteiger partial charge in [0.15, 0.2) is 0 Å². The van der Waals surface area contributed by atoms with Crippen molar-refractivity contribution in [1.29, 1.82) is 0 Å². The van der Waals surface area contributed by atoms with Crippen molar-refractivity contribution in [3.8, 4) is 0 Å². The number of anilines is 1. The normalized spacial score (nSPS) is 10.4. The fourth-order valence-corrected chi connectivity index (χ4v) is 2.26. The Bertz CT molecular complexity index is 569. The first kappa shape index (κ1) is 16.5. The van der Waals surface area contributed by atoms with Crippen molar-refractivity contribution >= 4 is 23.2 Å². The van der Waals surface area contributed by atoms with E-state index in [4.69, 9.17) is 11.6 Å². The average Bonchev–Trinajstić information content (AvgIpc) is 2.54. The SMILES string of the molecule is O=C(CCCNCCc1ccccc1)Nc1ccc(Cl)cc1. The Labute approximate surface area is 136 Å². The summed E-state index contributed by atoms with van der Waals surface area (Å²) in [4.78, 5) is 11.8. The highest BCUT2D eigenvalue weighted by molar-refractivity contribution is 6.30. The van der Waals surface area contributed by atoms with E-state index in [9.17, 15) is 4.79 Å². The van der Waals surface area contributed by atoms with Gasteiger partial charge in [0.2, 0.25) is 5.91 Å². The van der Waals surface area contributed by atoms with Gasteiger partial charge in [0.1, 0.15) is 0 Å². The van der Waals surface area contributed by atoms with Gasteiger partial charge in [-0.25, -0.2) is 0 Å². The third-order valence-corrected chi connectivity index (χ3v) is 3.57. The Morgan fingerprint density at radius 1 is 0.955 bits per heavy atom. The number of benzene rings is 2. The molecule has 0 unspecified atom stereocenters. The summed E-state index contributed by atoms with van der Waals surface area (Å²) in [5, 5.41) is 6.89. The van der Waals surface area contributed by atoms with Gasteiger partial charge >= 0.3 is 0 Å². The van der Waals surface area contributed by atoms with Crippen molar-refractivity contribution < 1.29 is 4.79 Å².